The van der Waals surface area contributed by atoms with Crippen molar-refractivity contribution in [2.45, 2.75) is 42.9 Å². The number of halogens is 4. The molecule has 11 nitrogen and oxygen atoms in total. The summed E-state index contributed by atoms with van der Waals surface area (Å²) in [6.45, 7) is 2.32. The van der Waals surface area contributed by atoms with E-state index in [0.717, 1.165) is 6.26 Å². The maximum atomic E-state index is 14.4. The van der Waals surface area contributed by atoms with E-state index in [2.05, 4.69) is 23.7 Å². The molecule has 3 rings (SSSR count). The first kappa shape index (κ1) is 31.6. The van der Waals surface area contributed by atoms with Crippen molar-refractivity contribution in [3.63, 3.8) is 0 Å². The summed E-state index contributed by atoms with van der Waals surface area (Å²) in [5.74, 6) is 6.74. The first-order chi connectivity index (χ1) is 17.8. The zero-order valence-corrected chi connectivity index (χ0v) is 21.9. The second-order valence-corrected chi connectivity index (χ2v) is 11.7. The van der Waals surface area contributed by atoms with Gasteiger partial charge in [0.1, 0.15) is 0 Å². The van der Waals surface area contributed by atoms with Crippen molar-refractivity contribution in [1.82, 2.24) is 19.8 Å². The number of hydrogen-bond donors (Lipinski definition) is 3. The molecule has 0 bridgehead atoms. The molecule has 0 aromatic carbocycles. The Morgan fingerprint density at radius 1 is 1.26 bits per heavy atom. The summed E-state index contributed by atoms with van der Waals surface area (Å²) >= 11 is 0. The van der Waals surface area contributed by atoms with Crippen LogP contribution in [0.5, 0.6) is 0 Å². The summed E-state index contributed by atoms with van der Waals surface area (Å²) in [6.07, 6.45) is -2.48. The Hall–Kier alpha value is -3.60. The van der Waals surface area contributed by atoms with Crippen LogP contribution < -0.4 is 5.48 Å². The van der Waals surface area contributed by atoms with Crippen LogP contribution >= 0.6 is 0 Å². The largest absolute Gasteiger partial charge is 0.490 e. The van der Waals surface area contributed by atoms with Gasteiger partial charge in [0.15, 0.2) is 20.3 Å². The number of fused-ring (bicyclic) bond motifs is 1. The van der Waals surface area contributed by atoms with Gasteiger partial charge in [-0.15, -0.1) is 0 Å². The normalized spacial score (nSPS) is 20.4. The highest BCUT2D eigenvalue weighted by Crippen LogP contribution is 2.26. The van der Waals surface area contributed by atoms with Crippen molar-refractivity contribution in [1.29, 1.82) is 0 Å². The summed E-state index contributed by atoms with van der Waals surface area (Å²) in [4.78, 5) is 36.7. The molecule has 39 heavy (non-hydrogen) atoms. The highest BCUT2D eigenvalue weighted by Gasteiger charge is 2.44. The Kier molecular flexibility index (Phi) is 9.44. The van der Waals surface area contributed by atoms with E-state index < -0.39 is 38.3 Å². The van der Waals surface area contributed by atoms with Crippen molar-refractivity contribution < 1.29 is 50.7 Å². The predicted octanol–water partition coefficient (Wildman–Crippen LogP) is 1.00. The molecule has 2 amide bonds. The standard InChI is InChI=1S/C21H25FN4O5S.C2HF3O2/c1-20(18(27)23-29,32(3,30)31)8-11-25-14-17-12-16(13-26(17)19(25)28)6-4-5-7-21(22)9-10-24(2)15-21;3-2(4,5)1(6)7/h12-13,29H,8-11,14-15H2,1-3H3,(H,23,27);(H,6,7)/t20-,21-;/m1./s1. The summed E-state index contributed by atoms with van der Waals surface area (Å²) in [7, 11) is -2.02. The molecule has 1 aromatic rings. The van der Waals surface area contributed by atoms with Gasteiger partial charge >= 0.3 is 18.2 Å². The number of carboxylic acids is 1. The van der Waals surface area contributed by atoms with Crippen LogP contribution in [0.2, 0.25) is 0 Å². The van der Waals surface area contributed by atoms with Crippen LogP contribution in [-0.2, 0) is 26.0 Å². The van der Waals surface area contributed by atoms with Gasteiger partial charge in [0.2, 0.25) is 0 Å². The molecule has 2 aliphatic heterocycles. The van der Waals surface area contributed by atoms with Crippen LogP contribution in [0.1, 0.15) is 31.0 Å². The highest BCUT2D eigenvalue weighted by molar-refractivity contribution is 7.92. The number of alkyl halides is 4. The maximum Gasteiger partial charge on any atom is 0.490 e. The molecule has 0 unspecified atom stereocenters. The minimum Gasteiger partial charge on any atom is -0.475 e. The minimum absolute atomic E-state index is 0.00296. The van der Waals surface area contributed by atoms with Gasteiger partial charge in [-0.2, -0.15) is 13.2 Å². The molecule has 0 aliphatic carbocycles. The van der Waals surface area contributed by atoms with Gasteiger partial charge in [-0.3, -0.25) is 14.6 Å². The number of likely N-dealkylation sites (tertiary alicyclic amines) is 1. The van der Waals surface area contributed by atoms with Crippen LogP contribution in [0.25, 0.3) is 0 Å². The third kappa shape index (κ3) is 7.72. The van der Waals surface area contributed by atoms with Crippen LogP contribution in [0.3, 0.4) is 0 Å². The zero-order valence-electron chi connectivity index (χ0n) is 21.1. The molecule has 0 spiro atoms. The molecule has 3 heterocycles. The molecule has 1 aromatic heterocycles. The first-order valence-electron chi connectivity index (χ1n) is 11.2. The molecular formula is C23H26F4N4O7S. The SMILES string of the molecule is CN1CC[C@](F)(C#CC#Cc2cc3n(c2)C(=O)N(CC[C@](C)(C(=O)NO)S(C)(=O)=O)C3)C1.O=C(O)C(F)(F)F. The maximum absolute atomic E-state index is 14.4. The third-order valence-corrected chi connectivity index (χ3v) is 8.22. The van der Waals surface area contributed by atoms with Crippen molar-refractivity contribution >= 4 is 27.7 Å². The molecule has 0 radical (unpaired) electrons. The molecule has 3 N–H and O–H groups in total. The number of nitrogens with zero attached hydrogens (tertiary/aromatic N) is 3. The number of hydrogen-bond acceptors (Lipinski definition) is 7. The van der Waals surface area contributed by atoms with Crippen molar-refractivity contribution in [2.24, 2.45) is 0 Å². The lowest BCUT2D eigenvalue weighted by Crippen LogP contribution is -2.50. The van der Waals surface area contributed by atoms with Gasteiger partial charge in [-0.05, 0) is 44.2 Å². The number of sulfone groups is 1. The molecule has 2 atom stereocenters. The lowest BCUT2D eigenvalue weighted by molar-refractivity contribution is -0.192. The fraction of sp³-hybridized carbons (Fsp3) is 0.522. The van der Waals surface area contributed by atoms with E-state index in [4.69, 9.17) is 15.1 Å². The average Bonchev–Trinajstić information content (AvgIpc) is 3.47. The second kappa shape index (κ2) is 11.6. The lowest BCUT2D eigenvalue weighted by atomic mass is 10.1. The summed E-state index contributed by atoms with van der Waals surface area (Å²) in [6, 6.07) is 1.33. The number of carbonyl (C=O) groups excluding carboxylic acids is 2. The summed E-state index contributed by atoms with van der Waals surface area (Å²) in [5.41, 5.74) is 1.05. The molecule has 1 saturated heterocycles. The fourth-order valence-corrected chi connectivity index (χ4v) is 4.55. The van der Waals surface area contributed by atoms with E-state index in [0.29, 0.717) is 24.2 Å². The van der Waals surface area contributed by atoms with E-state index >= 15 is 0 Å². The van der Waals surface area contributed by atoms with E-state index in [9.17, 15) is 35.6 Å². The summed E-state index contributed by atoms with van der Waals surface area (Å²) < 4.78 is 69.8. The van der Waals surface area contributed by atoms with E-state index in [1.165, 1.54) is 28.1 Å². The number of amides is 2. The van der Waals surface area contributed by atoms with Crippen LogP contribution in [0.15, 0.2) is 12.3 Å². The Balaban J connectivity index is 0.000000673. The smallest absolute Gasteiger partial charge is 0.475 e. The van der Waals surface area contributed by atoms with Crippen molar-refractivity contribution in [3.05, 3.63) is 23.5 Å². The molecule has 16 heteroatoms. The lowest BCUT2D eigenvalue weighted by Gasteiger charge is -2.27. The molecule has 0 saturated carbocycles. The monoisotopic (exact) mass is 578 g/mol. The number of carbonyl (C=O) groups is 3. The summed E-state index contributed by atoms with van der Waals surface area (Å²) in [5, 5.41) is 16.0. The molecular weight excluding hydrogens is 552 g/mol. The number of rotatable bonds is 5. The first-order valence-corrected chi connectivity index (χ1v) is 13.1. The average molecular weight is 579 g/mol. The third-order valence-electron chi connectivity index (χ3n) is 6.20. The molecule has 2 aliphatic rings. The van der Waals surface area contributed by atoms with Gasteiger partial charge in [-0.25, -0.2) is 27.9 Å². The Bertz CT molecular complexity index is 1370. The van der Waals surface area contributed by atoms with Crippen LogP contribution in [-0.4, -0.2) is 101 Å². The van der Waals surface area contributed by atoms with Crippen LogP contribution in [0.4, 0.5) is 22.4 Å². The number of aromatic nitrogens is 1. The Morgan fingerprint density at radius 3 is 2.33 bits per heavy atom. The predicted molar refractivity (Wildman–Crippen MR) is 128 cm³/mol. The number of carboxylic acid groups (broad SMARTS) is 1. The zero-order chi connectivity index (χ0) is 29.8. The molecule has 214 valence electrons. The van der Waals surface area contributed by atoms with E-state index in [1.807, 2.05) is 11.9 Å². The van der Waals surface area contributed by atoms with Gasteiger partial charge in [0.25, 0.3) is 5.91 Å². The van der Waals surface area contributed by atoms with E-state index in [1.54, 1.807) is 6.07 Å². The number of nitrogens with one attached hydrogen (secondary N) is 1. The van der Waals surface area contributed by atoms with Crippen molar-refractivity contribution in [2.75, 3.05) is 32.9 Å². The van der Waals surface area contributed by atoms with Gasteiger partial charge < -0.3 is 14.9 Å². The Labute approximate surface area is 221 Å². The quantitative estimate of drug-likeness (QED) is 0.203. The van der Waals surface area contributed by atoms with E-state index in [-0.39, 0.29) is 32.1 Å². The van der Waals surface area contributed by atoms with Gasteiger partial charge in [0, 0.05) is 49.8 Å². The van der Waals surface area contributed by atoms with Gasteiger partial charge in [0.05, 0.1) is 6.54 Å². The minimum atomic E-state index is -5.08. The fourth-order valence-electron chi connectivity index (χ4n) is 3.70. The Morgan fingerprint density at radius 2 is 1.87 bits per heavy atom. The number of hydroxylamine groups is 1. The van der Waals surface area contributed by atoms with Crippen molar-refractivity contribution in [3.8, 4) is 23.7 Å². The second-order valence-electron chi connectivity index (χ2n) is 9.24. The van der Waals surface area contributed by atoms with Gasteiger partial charge in [-0.1, -0.05) is 5.92 Å². The molecule has 1 fully saturated rings. The topological polar surface area (TPSA) is 149 Å². The van der Waals surface area contributed by atoms with Crippen LogP contribution in [0, 0.1) is 23.7 Å². The number of aliphatic carboxylic acids is 1. The highest BCUT2D eigenvalue weighted by atomic mass is 32.2.